The smallest absolute Gasteiger partial charge is 0.188 e. The summed E-state index contributed by atoms with van der Waals surface area (Å²) in [6, 6.07) is 10.8. The van der Waals surface area contributed by atoms with Gasteiger partial charge in [-0.05, 0) is 42.8 Å². The van der Waals surface area contributed by atoms with E-state index in [9.17, 15) is 15.3 Å². The van der Waals surface area contributed by atoms with Crippen molar-refractivity contribution in [3.8, 4) is 23.0 Å². The van der Waals surface area contributed by atoms with Crippen molar-refractivity contribution in [3.05, 3.63) is 47.0 Å². The van der Waals surface area contributed by atoms with Gasteiger partial charge in [-0.1, -0.05) is 39.3 Å². The Kier molecular flexibility index (Phi) is 15.2. The highest BCUT2D eigenvalue weighted by Crippen LogP contribution is 2.33. The average molecular weight is 599 g/mol. The number of aliphatic hydroxyl groups excluding tert-OH is 2. The third-order valence-electron chi connectivity index (χ3n) is 5.86. The number of phenols is 1. The molecule has 2 aromatic rings. The zero-order chi connectivity index (χ0) is 30.5. The summed E-state index contributed by atoms with van der Waals surface area (Å²) in [6.45, 7) is 17.0. The van der Waals surface area contributed by atoms with Gasteiger partial charge in [0.2, 0.25) is 0 Å². The number of aliphatic hydroxyl groups is 2. The number of methoxy groups -OCH3 is 3. The number of hydrogen-bond donors (Lipinski definition) is 3. The van der Waals surface area contributed by atoms with E-state index in [0.717, 1.165) is 17.7 Å². The summed E-state index contributed by atoms with van der Waals surface area (Å²) in [7, 11) is 2.13. The van der Waals surface area contributed by atoms with Crippen LogP contribution in [0.25, 0.3) is 0 Å². The van der Waals surface area contributed by atoms with Gasteiger partial charge in [0.1, 0.15) is 23.0 Å². The van der Waals surface area contributed by atoms with Crippen molar-refractivity contribution in [2.24, 2.45) is 0 Å². The second kappa shape index (κ2) is 17.0. The number of benzene rings is 2. The third-order valence-corrected chi connectivity index (χ3v) is 9.27. The maximum absolute atomic E-state index is 9.92. The van der Waals surface area contributed by atoms with E-state index in [-0.39, 0.29) is 12.5 Å². The van der Waals surface area contributed by atoms with Crippen LogP contribution in [-0.2, 0) is 14.2 Å². The summed E-state index contributed by atoms with van der Waals surface area (Å²) in [5, 5.41) is 29.4. The Bertz CT molecular complexity index is 997. The lowest BCUT2D eigenvalue weighted by molar-refractivity contribution is -0.0796. The van der Waals surface area contributed by atoms with Crippen molar-refractivity contribution in [2.45, 2.75) is 70.9 Å². The summed E-state index contributed by atoms with van der Waals surface area (Å²) in [5.41, 5.74) is 1.68. The Morgan fingerprint density at radius 2 is 1.27 bits per heavy atom. The number of rotatable bonds is 15. The highest BCUT2D eigenvalue weighted by molar-refractivity contribution is 6.76. The van der Waals surface area contributed by atoms with E-state index in [4.69, 9.17) is 28.4 Å². The van der Waals surface area contributed by atoms with Crippen molar-refractivity contribution < 1.29 is 43.7 Å². The molecule has 0 aliphatic carbocycles. The molecule has 0 saturated heterocycles. The third kappa shape index (κ3) is 13.5. The van der Waals surface area contributed by atoms with E-state index in [1.54, 1.807) is 25.3 Å². The topological polar surface area (TPSA) is 116 Å². The summed E-state index contributed by atoms with van der Waals surface area (Å²) >= 11 is 0. The largest absolute Gasteiger partial charge is 0.507 e. The maximum atomic E-state index is 9.92. The fourth-order valence-electron chi connectivity index (χ4n) is 3.40. The molecule has 0 amide bonds. The van der Waals surface area contributed by atoms with Gasteiger partial charge in [0.25, 0.3) is 0 Å². The average Bonchev–Trinajstić information content (AvgIpc) is 2.85. The molecule has 3 N–H and O–H groups in total. The molecule has 0 saturated carbocycles. The highest BCUT2D eigenvalue weighted by Gasteiger charge is 2.18. The minimum Gasteiger partial charge on any atom is -0.507 e. The standard InChI is InChI=1S/C15H26O5Si.C14H24O4Si/c1-17-11-20-14-10-12(19-8-9-21(3,4)5)6-7-13(14)15(16)18-2;1-10-8-11(18-6-7-19(3,4)5)9-12(15)13(10)14(16)17-2/h6-7,10,15-16H,8-9,11H2,1-5H3;8-9,14-16H,6-7H2,1-5H3. The van der Waals surface area contributed by atoms with Crippen LogP contribution in [0.4, 0.5) is 0 Å². The van der Waals surface area contributed by atoms with Crippen LogP contribution in [-0.4, -0.2) is 72.8 Å². The summed E-state index contributed by atoms with van der Waals surface area (Å²) in [4.78, 5) is 0. The normalized spacial score (nSPS) is 13.2. The number of aromatic hydroxyl groups is 1. The molecule has 9 nitrogen and oxygen atoms in total. The predicted molar refractivity (Wildman–Crippen MR) is 163 cm³/mol. The first-order valence-electron chi connectivity index (χ1n) is 13.4. The lowest BCUT2D eigenvalue weighted by Gasteiger charge is -2.18. The minimum atomic E-state index is -1.12. The fourth-order valence-corrected chi connectivity index (χ4v) is 4.83. The summed E-state index contributed by atoms with van der Waals surface area (Å²) in [6.07, 6.45) is -2.15. The Morgan fingerprint density at radius 3 is 1.75 bits per heavy atom. The number of hydrogen-bond acceptors (Lipinski definition) is 9. The second-order valence-electron chi connectivity index (χ2n) is 11.9. The molecular weight excluding hydrogens is 548 g/mol. The van der Waals surface area contributed by atoms with Gasteiger partial charge in [0.15, 0.2) is 19.4 Å². The molecule has 0 radical (unpaired) electrons. The van der Waals surface area contributed by atoms with Gasteiger partial charge in [0.05, 0.1) is 18.8 Å². The van der Waals surface area contributed by atoms with Gasteiger partial charge >= 0.3 is 0 Å². The lowest BCUT2D eigenvalue weighted by Crippen LogP contribution is -2.22. The van der Waals surface area contributed by atoms with Crippen molar-refractivity contribution in [2.75, 3.05) is 41.3 Å². The van der Waals surface area contributed by atoms with E-state index in [2.05, 4.69) is 39.3 Å². The molecule has 2 atom stereocenters. The van der Waals surface area contributed by atoms with E-state index < -0.39 is 28.7 Å². The fraction of sp³-hybridized carbons (Fsp3) is 0.586. The molecular formula is C29H50O9Si2. The van der Waals surface area contributed by atoms with Gasteiger partial charge in [0, 0.05) is 55.2 Å². The zero-order valence-electron chi connectivity index (χ0n) is 25.9. The first-order chi connectivity index (χ1) is 18.6. The first kappa shape index (κ1) is 35.9. The Balaban J connectivity index is 0.000000402. The van der Waals surface area contributed by atoms with Crippen molar-refractivity contribution in [3.63, 3.8) is 0 Å². The van der Waals surface area contributed by atoms with Gasteiger partial charge < -0.3 is 43.7 Å². The first-order valence-corrected chi connectivity index (χ1v) is 20.8. The zero-order valence-corrected chi connectivity index (χ0v) is 27.9. The molecule has 0 bridgehead atoms. The summed E-state index contributed by atoms with van der Waals surface area (Å²) < 4.78 is 31.5. The molecule has 0 aromatic heterocycles. The SMILES string of the molecule is COC(O)c1c(C)cc(OCC[Si](C)(C)C)cc1O.COCOc1cc(OCC[Si](C)(C)C)ccc1C(O)OC. The van der Waals surface area contributed by atoms with Gasteiger partial charge in [-0.3, -0.25) is 0 Å². The van der Waals surface area contributed by atoms with Crippen LogP contribution in [0, 0.1) is 6.92 Å². The van der Waals surface area contributed by atoms with Crippen molar-refractivity contribution >= 4 is 16.1 Å². The molecule has 11 heteroatoms. The van der Waals surface area contributed by atoms with E-state index in [1.807, 2.05) is 13.0 Å². The molecule has 0 fully saturated rings. The monoisotopic (exact) mass is 598 g/mol. The molecule has 2 rings (SSSR count). The number of aryl methyl sites for hydroxylation is 1. The molecule has 0 spiro atoms. The minimum absolute atomic E-state index is 0.00245. The van der Waals surface area contributed by atoms with Crippen LogP contribution in [0.2, 0.25) is 51.4 Å². The molecule has 0 aliphatic heterocycles. The Labute approximate surface area is 242 Å². The number of ether oxygens (including phenoxy) is 6. The van der Waals surface area contributed by atoms with Crippen LogP contribution < -0.4 is 14.2 Å². The van der Waals surface area contributed by atoms with Gasteiger partial charge in [-0.15, -0.1) is 0 Å². The number of phenolic OH excluding ortho intramolecular Hbond substituents is 1. The molecule has 228 valence electrons. The van der Waals surface area contributed by atoms with Crippen LogP contribution in [0.15, 0.2) is 30.3 Å². The van der Waals surface area contributed by atoms with Gasteiger partial charge in [-0.25, -0.2) is 0 Å². The quantitative estimate of drug-likeness (QED) is 0.166. The van der Waals surface area contributed by atoms with Crippen molar-refractivity contribution in [1.82, 2.24) is 0 Å². The van der Waals surface area contributed by atoms with E-state index in [1.165, 1.54) is 20.3 Å². The summed E-state index contributed by atoms with van der Waals surface area (Å²) in [5.74, 6) is 1.83. The Morgan fingerprint density at radius 1 is 0.725 bits per heavy atom. The molecule has 2 aromatic carbocycles. The van der Waals surface area contributed by atoms with Crippen LogP contribution >= 0.6 is 0 Å². The lowest BCUT2D eigenvalue weighted by atomic mass is 10.1. The van der Waals surface area contributed by atoms with Gasteiger partial charge in [-0.2, -0.15) is 0 Å². The van der Waals surface area contributed by atoms with Crippen LogP contribution in [0.5, 0.6) is 23.0 Å². The van der Waals surface area contributed by atoms with Crippen LogP contribution in [0.1, 0.15) is 29.3 Å². The highest BCUT2D eigenvalue weighted by atomic mass is 28.3. The second-order valence-corrected chi connectivity index (χ2v) is 23.2. The molecule has 0 heterocycles. The molecule has 40 heavy (non-hydrogen) atoms. The van der Waals surface area contributed by atoms with E-state index in [0.29, 0.717) is 41.6 Å². The Hall–Kier alpha value is -2.13. The van der Waals surface area contributed by atoms with Crippen LogP contribution in [0.3, 0.4) is 0 Å². The predicted octanol–water partition coefficient (Wildman–Crippen LogP) is 6.08. The molecule has 2 unspecified atom stereocenters. The molecule has 0 aliphatic rings. The maximum Gasteiger partial charge on any atom is 0.188 e. The van der Waals surface area contributed by atoms with Crippen molar-refractivity contribution in [1.29, 1.82) is 0 Å². The van der Waals surface area contributed by atoms with E-state index >= 15 is 0 Å².